The van der Waals surface area contributed by atoms with Crippen molar-refractivity contribution in [1.29, 1.82) is 0 Å². The van der Waals surface area contributed by atoms with Crippen LogP contribution in [0.4, 0.5) is 4.79 Å². The number of hydrogen-bond acceptors (Lipinski definition) is 4. The Hall–Kier alpha value is -3.87. The molecule has 0 saturated carbocycles. The fourth-order valence-electron chi connectivity index (χ4n) is 4.09. The molecule has 2 aromatic heterocycles. The minimum Gasteiger partial charge on any atom is -0.458 e. The molecule has 2 aromatic carbocycles. The lowest BCUT2D eigenvalue weighted by atomic mass is 9.98. The summed E-state index contributed by atoms with van der Waals surface area (Å²) in [5.74, 6) is -0.486. The third-order valence-electron chi connectivity index (χ3n) is 5.67. The zero-order valence-corrected chi connectivity index (χ0v) is 16.5. The number of aryl methyl sites for hydroxylation is 1. The van der Waals surface area contributed by atoms with Crippen molar-refractivity contribution < 1.29 is 18.8 Å². The zero-order valence-electron chi connectivity index (χ0n) is 16.5. The number of imide groups is 1. The first-order valence-electron chi connectivity index (χ1n) is 9.62. The van der Waals surface area contributed by atoms with Crippen LogP contribution in [0.2, 0.25) is 0 Å². The Labute approximate surface area is 171 Å². The smallest absolute Gasteiger partial charge is 0.325 e. The van der Waals surface area contributed by atoms with Crippen LogP contribution in [0.5, 0.6) is 0 Å². The third kappa shape index (κ3) is 2.55. The number of furan rings is 1. The number of urea groups is 1. The monoisotopic (exact) mass is 401 g/mol. The van der Waals surface area contributed by atoms with Crippen LogP contribution in [0.15, 0.2) is 59.0 Å². The summed E-state index contributed by atoms with van der Waals surface area (Å²) in [7, 11) is 0. The molecule has 30 heavy (non-hydrogen) atoms. The van der Waals surface area contributed by atoms with Crippen molar-refractivity contribution in [2.45, 2.75) is 19.4 Å². The first-order valence-corrected chi connectivity index (χ1v) is 9.62. The molecule has 1 atom stereocenters. The second-order valence-corrected chi connectivity index (χ2v) is 7.69. The minimum absolute atomic E-state index is 0.303. The van der Waals surface area contributed by atoms with Gasteiger partial charge in [0.25, 0.3) is 5.91 Å². The summed E-state index contributed by atoms with van der Waals surface area (Å²) < 4.78 is 5.82. The van der Waals surface area contributed by atoms with Crippen LogP contribution in [0.25, 0.3) is 21.9 Å². The highest BCUT2D eigenvalue weighted by Gasteiger charge is 2.51. The fourth-order valence-corrected chi connectivity index (χ4v) is 4.09. The molecule has 1 fully saturated rings. The van der Waals surface area contributed by atoms with E-state index in [1.807, 2.05) is 42.5 Å². The van der Waals surface area contributed by atoms with Gasteiger partial charge in [-0.3, -0.25) is 14.5 Å². The zero-order chi connectivity index (χ0) is 21.0. The average molecular weight is 401 g/mol. The summed E-state index contributed by atoms with van der Waals surface area (Å²) in [6, 6.07) is 15.9. The van der Waals surface area contributed by atoms with Crippen LogP contribution in [0.1, 0.15) is 28.7 Å². The number of fused-ring (bicyclic) bond motifs is 2. The fraction of sp³-hybridized carbons (Fsp3) is 0.174. The SMILES string of the molecule is Cc1[nH]c2ccccc2c1C(=O)CN1C(=O)N[C@@](C)(c2cc3ccccc3o2)C1=O. The number of nitrogens with zero attached hydrogens (tertiary/aromatic N) is 1. The highest BCUT2D eigenvalue weighted by molar-refractivity contribution is 6.15. The molecule has 3 heterocycles. The number of hydrogen-bond donors (Lipinski definition) is 2. The molecule has 150 valence electrons. The van der Waals surface area contributed by atoms with Gasteiger partial charge in [0.05, 0.1) is 6.54 Å². The van der Waals surface area contributed by atoms with E-state index in [4.69, 9.17) is 4.42 Å². The van der Waals surface area contributed by atoms with Crippen molar-refractivity contribution in [3.8, 4) is 0 Å². The van der Waals surface area contributed by atoms with E-state index < -0.39 is 17.5 Å². The molecule has 3 amide bonds. The van der Waals surface area contributed by atoms with Gasteiger partial charge in [-0.05, 0) is 32.0 Å². The topological polar surface area (TPSA) is 95.4 Å². The van der Waals surface area contributed by atoms with Crippen LogP contribution in [0, 0.1) is 6.92 Å². The second kappa shape index (κ2) is 6.32. The quantitative estimate of drug-likeness (QED) is 0.401. The number of H-pyrrole nitrogens is 1. The van der Waals surface area contributed by atoms with E-state index in [1.165, 1.54) is 0 Å². The van der Waals surface area contributed by atoms with E-state index in [0.717, 1.165) is 21.2 Å². The predicted octanol–water partition coefficient (Wildman–Crippen LogP) is 3.87. The summed E-state index contributed by atoms with van der Waals surface area (Å²) in [6.45, 7) is 3.05. The number of aromatic amines is 1. The largest absolute Gasteiger partial charge is 0.458 e. The molecule has 1 aliphatic heterocycles. The van der Waals surface area contributed by atoms with Crippen molar-refractivity contribution >= 4 is 39.6 Å². The Morgan fingerprint density at radius 2 is 1.83 bits per heavy atom. The van der Waals surface area contributed by atoms with Gasteiger partial charge in [0.2, 0.25) is 0 Å². The summed E-state index contributed by atoms with van der Waals surface area (Å²) in [6.07, 6.45) is 0. The van der Waals surface area contributed by atoms with E-state index in [9.17, 15) is 14.4 Å². The molecule has 7 heteroatoms. The molecule has 0 bridgehead atoms. The molecule has 0 aliphatic carbocycles. The molecule has 7 nitrogen and oxygen atoms in total. The van der Waals surface area contributed by atoms with Crippen molar-refractivity contribution in [3.05, 3.63) is 71.6 Å². The van der Waals surface area contributed by atoms with Crippen LogP contribution in [-0.4, -0.2) is 34.2 Å². The van der Waals surface area contributed by atoms with E-state index >= 15 is 0 Å². The van der Waals surface area contributed by atoms with Crippen LogP contribution < -0.4 is 5.32 Å². The number of amides is 3. The molecule has 0 spiro atoms. The molecule has 5 rings (SSSR count). The number of nitrogens with one attached hydrogen (secondary N) is 2. The third-order valence-corrected chi connectivity index (χ3v) is 5.67. The number of para-hydroxylation sites is 2. The van der Waals surface area contributed by atoms with Gasteiger partial charge in [0.1, 0.15) is 11.3 Å². The molecule has 1 aliphatic rings. The molecule has 0 radical (unpaired) electrons. The standard InChI is InChI=1S/C23H19N3O4/c1-13-20(15-8-4-5-9-16(15)24-13)17(27)12-26-21(28)23(2,25-22(26)29)19-11-14-7-3-6-10-18(14)30-19/h3-11,24H,12H2,1-2H3,(H,25,29)/t23-/m0/s1. The molecular weight excluding hydrogens is 382 g/mol. The van der Waals surface area contributed by atoms with Crippen molar-refractivity contribution in [2.24, 2.45) is 0 Å². The Morgan fingerprint density at radius 1 is 1.10 bits per heavy atom. The van der Waals surface area contributed by atoms with Crippen molar-refractivity contribution in [3.63, 3.8) is 0 Å². The van der Waals surface area contributed by atoms with Crippen LogP contribution in [0.3, 0.4) is 0 Å². The maximum Gasteiger partial charge on any atom is 0.325 e. The number of ketones is 1. The normalized spacial score (nSPS) is 19.1. The summed E-state index contributed by atoms with van der Waals surface area (Å²) in [4.78, 5) is 43.0. The predicted molar refractivity (Wildman–Crippen MR) is 111 cm³/mol. The Balaban J connectivity index is 1.47. The number of aromatic nitrogens is 1. The minimum atomic E-state index is -1.37. The highest BCUT2D eigenvalue weighted by Crippen LogP contribution is 2.33. The van der Waals surface area contributed by atoms with Crippen molar-refractivity contribution in [1.82, 2.24) is 15.2 Å². The van der Waals surface area contributed by atoms with Crippen molar-refractivity contribution in [2.75, 3.05) is 6.54 Å². The lowest BCUT2D eigenvalue weighted by molar-refractivity contribution is -0.131. The summed E-state index contributed by atoms with van der Waals surface area (Å²) >= 11 is 0. The van der Waals surface area contributed by atoms with E-state index in [2.05, 4.69) is 10.3 Å². The van der Waals surface area contributed by atoms with Crippen LogP contribution >= 0.6 is 0 Å². The van der Waals surface area contributed by atoms with E-state index in [-0.39, 0.29) is 12.3 Å². The Morgan fingerprint density at radius 3 is 2.63 bits per heavy atom. The Bertz CT molecular complexity index is 1320. The molecule has 4 aromatic rings. The first-order chi connectivity index (χ1) is 14.4. The Kier molecular flexibility index (Phi) is 3.83. The summed E-state index contributed by atoms with van der Waals surface area (Å²) in [5.41, 5.74) is 1.28. The number of Topliss-reactive ketones (excluding diaryl/α,β-unsaturated/α-hetero) is 1. The number of carbonyl (C=O) groups excluding carboxylic acids is 3. The van der Waals surface area contributed by atoms with Gasteiger partial charge in [0, 0.05) is 27.5 Å². The molecule has 2 N–H and O–H groups in total. The number of rotatable bonds is 4. The lowest BCUT2D eigenvalue weighted by Crippen LogP contribution is -2.41. The molecule has 0 unspecified atom stereocenters. The van der Waals surface area contributed by atoms with Gasteiger partial charge in [-0.2, -0.15) is 0 Å². The van der Waals surface area contributed by atoms with Gasteiger partial charge < -0.3 is 14.7 Å². The van der Waals surface area contributed by atoms with Crippen LogP contribution in [-0.2, 0) is 10.3 Å². The molecular formula is C23H19N3O4. The van der Waals surface area contributed by atoms with Gasteiger partial charge in [-0.15, -0.1) is 0 Å². The lowest BCUT2D eigenvalue weighted by Gasteiger charge is -2.18. The summed E-state index contributed by atoms with van der Waals surface area (Å²) in [5, 5.41) is 4.30. The maximum absolute atomic E-state index is 13.2. The van der Waals surface area contributed by atoms with Gasteiger partial charge in [0.15, 0.2) is 11.3 Å². The average Bonchev–Trinajstić information content (AvgIpc) is 3.36. The molecule has 1 saturated heterocycles. The van der Waals surface area contributed by atoms with E-state index in [1.54, 1.807) is 26.0 Å². The van der Waals surface area contributed by atoms with Gasteiger partial charge >= 0.3 is 6.03 Å². The first kappa shape index (κ1) is 18.2. The second-order valence-electron chi connectivity index (χ2n) is 7.69. The maximum atomic E-state index is 13.2. The highest BCUT2D eigenvalue weighted by atomic mass is 16.3. The van der Waals surface area contributed by atoms with Gasteiger partial charge in [-0.25, -0.2) is 4.79 Å². The van der Waals surface area contributed by atoms with E-state index in [0.29, 0.717) is 22.6 Å². The number of benzene rings is 2. The number of carbonyl (C=O) groups is 3. The van der Waals surface area contributed by atoms with Gasteiger partial charge in [-0.1, -0.05) is 36.4 Å².